The summed E-state index contributed by atoms with van der Waals surface area (Å²) in [5, 5.41) is 9.93. The molecule has 0 atom stereocenters. The molecule has 1 aliphatic rings. The number of benzene rings is 3. The first-order valence-electron chi connectivity index (χ1n) is 10.4. The Kier molecular flexibility index (Phi) is 7.00. The van der Waals surface area contributed by atoms with Crippen LogP contribution < -0.4 is 9.47 Å². The second-order valence-electron chi connectivity index (χ2n) is 7.39. The highest BCUT2D eigenvalue weighted by Crippen LogP contribution is 2.34. The Labute approximate surface area is 196 Å². The molecule has 0 unspecified atom stereocenters. The van der Waals surface area contributed by atoms with E-state index in [9.17, 15) is 14.7 Å². The predicted octanol–water partition coefficient (Wildman–Crippen LogP) is 5.11. The zero-order valence-corrected chi connectivity index (χ0v) is 18.9. The second kappa shape index (κ2) is 10.3. The van der Waals surface area contributed by atoms with Crippen LogP contribution in [-0.2, 0) is 11.2 Å². The highest BCUT2D eigenvalue weighted by Gasteiger charge is 2.35. The Morgan fingerprint density at radius 1 is 0.939 bits per heavy atom. The van der Waals surface area contributed by atoms with E-state index in [1.165, 1.54) is 0 Å². The van der Waals surface area contributed by atoms with Crippen molar-refractivity contribution in [1.29, 1.82) is 0 Å². The normalized spacial score (nSPS) is 14.7. The summed E-state index contributed by atoms with van der Waals surface area (Å²) in [5.41, 5.74) is 2.64. The lowest BCUT2D eigenvalue weighted by Gasteiger charge is -2.14. The van der Waals surface area contributed by atoms with Crippen LogP contribution in [-0.4, -0.2) is 41.4 Å². The first-order chi connectivity index (χ1) is 16.0. The molecule has 1 fully saturated rings. The van der Waals surface area contributed by atoms with Gasteiger partial charge in [-0.15, -0.1) is 0 Å². The molecule has 1 aliphatic heterocycles. The average molecular weight is 462 g/mol. The highest BCUT2D eigenvalue weighted by atomic mass is 32.2. The highest BCUT2D eigenvalue weighted by molar-refractivity contribution is 8.18. The van der Waals surface area contributed by atoms with Gasteiger partial charge in [0.25, 0.3) is 11.1 Å². The Morgan fingerprint density at radius 2 is 1.67 bits per heavy atom. The molecule has 3 aromatic rings. The van der Waals surface area contributed by atoms with E-state index in [2.05, 4.69) is 0 Å². The van der Waals surface area contributed by atoms with Gasteiger partial charge in [-0.25, -0.2) is 0 Å². The van der Waals surface area contributed by atoms with E-state index in [1.54, 1.807) is 31.4 Å². The maximum absolute atomic E-state index is 12.8. The fourth-order valence-electron chi connectivity index (χ4n) is 3.48. The van der Waals surface area contributed by atoms with Gasteiger partial charge in [0.2, 0.25) is 0 Å². The van der Waals surface area contributed by atoms with Gasteiger partial charge < -0.3 is 14.6 Å². The van der Waals surface area contributed by atoms with Crippen LogP contribution in [0.5, 0.6) is 17.2 Å². The quantitative estimate of drug-likeness (QED) is 0.470. The number of thioether (sulfide) groups is 1. The van der Waals surface area contributed by atoms with Crippen molar-refractivity contribution >= 4 is 29.0 Å². The third kappa shape index (κ3) is 5.38. The fourth-order valence-corrected chi connectivity index (χ4v) is 4.34. The molecule has 7 heteroatoms. The van der Waals surface area contributed by atoms with Crippen molar-refractivity contribution in [3.8, 4) is 17.2 Å². The minimum atomic E-state index is -0.401. The summed E-state index contributed by atoms with van der Waals surface area (Å²) in [6.07, 6.45) is 2.26. The largest absolute Gasteiger partial charge is 0.507 e. The van der Waals surface area contributed by atoms with Gasteiger partial charge in [0, 0.05) is 5.56 Å². The van der Waals surface area contributed by atoms with Crippen LogP contribution in [0.25, 0.3) is 6.08 Å². The Balaban J connectivity index is 1.44. The third-order valence-electron chi connectivity index (χ3n) is 5.14. The first kappa shape index (κ1) is 22.5. The van der Waals surface area contributed by atoms with Gasteiger partial charge in [-0.1, -0.05) is 48.5 Å². The molecular formula is C26H23NO5S. The number of para-hydroxylation sites is 2. The number of methoxy groups -OCH3 is 1. The number of hydrogen-bond acceptors (Lipinski definition) is 6. The minimum Gasteiger partial charge on any atom is -0.507 e. The lowest BCUT2D eigenvalue weighted by molar-refractivity contribution is -0.123. The summed E-state index contributed by atoms with van der Waals surface area (Å²) in [5.74, 6) is 0.777. The van der Waals surface area contributed by atoms with Crippen molar-refractivity contribution in [3.63, 3.8) is 0 Å². The van der Waals surface area contributed by atoms with Gasteiger partial charge in [0.1, 0.15) is 12.4 Å². The molecule has 33 heavy (non-hydrogen) atoms. The van der Waals surface area contributed by atoms with E-state index in [4.69, 9.17) is 9.47 Å². The first-order valence-corrected chi connectivity index (χ1v) is 11.2. The van der Waals surface area contributed by atoms with Gasteiger partial charge in [0.05, 0.1) is 18.6 Å². The van der Waals surface area contributed by atoms with Crippen LogP contribution in [0.2, 0.25) is 0 Å². The molecule has 0 saturated carbocycles. The molecule has 1 saturated heterocycles. The number of phenols is 1. The van der Waals surface area contributed by atoms with E-state index < -0.39 is 5.91 Å². The summed E-state index contributed by atoms with van der Waals surface area (Å²) in [6, 6.07) is 22.5. The van der Waals surface area contributed by atoms with Crippen molar-refractivity contribution < 1.29 is 24.2 Å². The summed E-state index contributed by atoms with van der Waals surface area (Å²) in [7, 11) is 1.55. The topological polar surface area (TPSA) is 76.1 Å². The van der Waals surface area contributed by atoms with Crippen molar-refractivity contribution in [2.45, 2.75) is 6.42 Å². The minimum absolute atomic E-state index is 0.0538. The second-order valence-corrected chi connectivity index (χ2v) is 8.38. The molecule has 1 N–H and O–H groups in total. The molecule has 0 spiro atoms. The number of aromatic hydroxyl groups is 1. The average Bonchev–Trinajstić information content (AvgIpc) is 3.09. The molecule has 3 aromatic carbocycles. The molecule has 0 aliphatic carbocycles. The Hall–Kier alpha value is -3.71. The molecule has 1 heterocycles. The number of phenolic OH excluding ortho intramolecular Hbond substituents is 1. The van der Waals surface area contributed by atoms with Crippen molar-refractivity contribution in [1.82, 2.24) is 4.90 Å². The fraction of sp³-hybridized carbons (Fsp3) is 0.154. The Bertz CT molecular complexity index is 1190. The zero-order valence-electron chi connectivity index (χ0n) is 18.1. The van der Waals surface area contributed by atoms with E-state index in [0.29, 0.717) is 23.5 Å². The molecule has 0 bridgehead atoms. The monoisotopic (exact) mass is 461 g/mol. The number of carbonyl (C=O) groups is 2. The number of hydrogen-bond donors (Lipinski definition) is 1. The van der Waals surface area contributed by atoms with Gasteiger partial charge >= 0.3 is 0 Å². The summed E-state index contributed by atoms with van der Waals surface area (Å²) < 4.78 is 10.9. The third-order valence-corrected chi connectivity index (χ3v) is 6.05. The van der Waals surface area contributed by atoms with Gasteiger partial charge in [0.15, 0.2) is 11.5 Å². The van der Waals surface area contributed by atoms with Crippen molar-refractivity contribution in [2.75, 3.05) is 20.3 Å². The molecule has 6 nitrogen and oxygen atoms in total. The van der Waals surface area contributed by atoms with E-state index in [1.807, 2.05) is 54.6 Å². The van der Waals surface area contributed by atoms with E-state index in [-0.39, 0.29) is 29.0 Å². The standard InChI is InChI=1S/C26H23NO5S/c1-31-22-9-5-6-10-23(22)32-14-13-27-25(29)24(33-26(27)30)17-20-16-19(11-12-21(20)28)15-18-7-3-2-4-8-18/h2-12,16-17,28H,13-15H2,1H3/b24-17-. The van der Waals surface area contributed by atoms with Crippen molar-refractivity contribution in [2.24, 2.45) is 0 Å². The van der Waals surface area contributed by atoms with Gasteiger partial charge in [-0.3, -0.25) is 14.5 Å². The van der Waals surface area contributed by atoms with E-state index in [0.717, 1.165) is 27.8 Å². The van der Waals surface area contributed by atoms with Crippen LogP contribution >= 0.6 is 11.8 Å². The number of rotatable bonds is 8. The molecule has 0 aromatic heterocycles. The summed E-state index contributed by atoms with van der Waals surface area (Å²) in [4.78, 5) is 26.7. The summed E-state index contributed by atoms with van der Waals surface area (Å²) >= 11 is 0.856. The van der Waals surface area contributed by atoms with Crippen LogP contribution in [0.4, 0.5) is 4.79 Å². The van der Waals surface area contributed by atoms with Gasteiger partial charge in [-0.2, -0.15) is 0 Å². The van der Waals surface area contributed by atoms with Crippen LogP contribution in [0.1, 0.15) is 16.7 Å². The number of carbonyl (C=O) groups excluding carboxylic acids is 2. The SMILES string of the molecule is COc1ccccc1OCCN1C(=O)S/C(=C\c2cc(Cc3ccccc3)ccc2O)C1=O. The number of amides is 2. The zero-order chi connectivity index (χ0) is 23.2. The lowest BCUT2D eigenvalue weighted by Crippen LogP contribution is -2.32. The number of imide groups is 1. The van der Waals surface area contributed by atoms with Crippen molar-refractivity contribution in [3.05, 3.63) is 94.4 Å². The summed E-state index contributed by atoms with van der Waals surface area (Å²) in [6.45, 7) is 0.254. The molecule has 2 amide bonds. The maximum atomic E-state index is 12.8. The van der Waals surface area contributed by atoms with E-state index >= 15 is 0 Å². The predicted molar refractivity (Wildman–Crippen MR) is 129 cm³/mol. The van der Waals surface area contributed by atoms with Crippen LogP contribution in [0.3, 0.4) is 0 Å². The number of ether oxygens (including phenoxy) is 2. The molecule has 0 radical (unpaired) electrons. The molecule has 168 valence electrons. The number of nitrogens with zero attached hydrogens (tertiary/aromatic N) is 1. The van der Waals surface area contributed by atoms with Gasteiger partial charge in [-0.05, 0) is 59.7 Å². The Morgan fingerprint density at radius 3 is 2.42 bits per heavy atom. The lowest BCUT2D eigenvalue weighted by atomic mass is 10.0. The van der Waals surface area contributed by atoms with Crippen LogP contribution in [0, 0.1) is 0 Å². The maximum Gasteiger partial charge on any atom is 0.293 e. The molecule has 4 rings (SSSR count). The molecular weight excluding hydrogens is 438 g/mol. The van der Waals surface area contributed by atoms with Crippen LogP contribution in [0.15, 0.2) is 77.7 Å². The smallest absolute Gasteiger partial charge is 0.293 e.